The first-order valence-corrected chi connectivity index (χ1v) is 4.98. The quantitative estimate of drug-likeness (QED) is 0.819. The Labute approximate surface area is 88.7 Å². The molecule has 15 heavy (non-hydrogen) atoms. The number of hydrogen-bond acceptors (Lipinski definition) is 1. The third-order valence-electron chi connectivity index (χ3n) is 2.47. The second kappa shape index (κ2) is 3.89. The topological polar surface area (TPSA) is 20.2 Å². The molecule has 1 nitrogen and oxygen atoms in total. The van der Waals surface area contributed by atoms with Gasteiger partial charge >= 0.3 is 5.92 Å². The van der Waals surface area contributed by atoms with Gasteiger partial charge in [0.25, 0.3) is 0 Å². The van der Waals surface area contributed by atoms with Gasteiger partial charge in [0.1, 0.15) is 5.60 Å². The summed E-state index contributed by atoms with van der Waals surface area (Å²) in [7, 11) is 0. The molecule has 0 heterocycles. The van der Waals surface area contributed by atoms with E-state index in [0.29, 0.717) is 6.42 Å². The molecule has 1 aromatic rings. The third-order valence-corrected chi connectivity index (χ3v) is 2.47. The van der Waals surface area contributed by atoms with E-state index in [2.05, 4.69) is 0 Å². The minimum atomic E-state index is -3.22. The van der Waals surface area contributed by atoms with Gasteiger partial charge in [-0.05, 0) is 31.9 Å². The Morgan fingerprint density at radius 3 is 2.33 bits per heavy atom. The molecule has 0 aromatic heterocycles. The SMILES string of the molecule is CCc1cccc(C(F)(F)C(C)(C)O)c1. The van der Waals surface area contributed by atoms with Gasteiger partial charge in [-0.1, -0.05) is 25.1 Å². The Hall–Kier alpha value is -0.960. The molecule has 0 aliphatic carbocycles. The van der Waals surface area contributed by atoms with Gasteiger partial charge in [0.05, 0.1) is 0 Å². The number of halogens is 2. The normalized spacial score (nSPS) is 12.9. The molecule has 0 spiro atoms. The maximum atomic E-state index is 13.7. The molecule has 0 saturated carbocycles. The molecule has 1 aromatic carbocycles. The van der Waals surface area contributed by atoms with Crippen molar-refractivity contribution in [1.29, 1.82) is 0 Å². The molecule has 0 saturated heterocycles. The van der Waals surface area contributed by atoms with E-state index in [1.807, 2.05) is 6.92 Å². The van der Waals surface area contributed by atoms with Gasteiger partial charge in [0.2, 0.25) is 0 Å². The van der Waals surface area contributed by atoms with Crippen molar-refractivity contribution in [1.82, 2.24) is 0 Å². The van der Waals surface area contributed by atoms with Gasteiger partial charge in [0, 0.05) is 5.56 Å². The van der Waals surface area contributed by atoms with Crippen LogP contribution in [-0.4, -0.2) is 10.7 Å². The van der Waals surface area contributed by atoms with E-state index in [1.54, 1.807) is 12.1 Å². The molecule has 0 aliphatic heterocycles. The van der Waals surface area contributed by atoms with Crippen LogP contribution in [0.15, 0.2) is 24.3 Å². The number of alkyl halides is 2. The molecule has 0 amide bonds. The summed E-state index contributed by atoms with van der Waals surface area (Å²) >= 11 is 0. The fourth-order valence-electron chi connectivity index (χ4n) is 1.34. The maximum absolute atomic E-state index is 13.7. The fraction of sp³-hybridized carbons (Fsp3) is 0.500. The summed E-state index contributed by atoms with van der Waals surface area (Å²) < 4.78 is 27.5. The fourth-order valence-corrected chi connectivity index (χ4v) is 1.34. The molecule has 84 valence electrons. The highest BCUT2D eigenvalue weighted by Crippen LogP contribution is 2.38. The molecule has 0 fully saturated rings. The van der Waals surface area contributed by atoms with Crippen LogP contribution in [0.3, 0.4) is 0 Å². The molecule has 1 N–H and O–H groups in total. The van der Waals surface area contributed by atoms with Crippen LogP contribution >= 0.6 is 0 Å². The van der Waals surface area contributed by atoms with Crippen LogP contribution in [0.1, 0.15) is 31.9 Å². The lowest BCUT2D eigenvalue weighted by Gasteiger charge is -2.29. The maximum Gasteiger partial charge on any atom is 0.300 e. The highest BCUT2D eigenvalue weighted by atomic mass is 19.3. The van der Waals surface area contributed by atoms with Crippen LogP contribution in [0.4, 0.5) is 8.78 Å². The van der Waals surface area contributed by atoms with E-state index in [-0.39, 0.29) is 5.56 Å². The van der Waals surface area contributed by atoms with Crippen molar-refractivity contribution in [2.45, 2.75) is 38.7 Å². The summed E-state index contributed by atoms with van der Waals surface area (Å²) in [5, 5.41) is 9.41. The van der Waals surface area contributed by atoms with Crippen molar-refractivity contribution in [3.63, 3.8) is 0 Å². The van der Waals surface area contributed by atoms with Gasteiger partial charge < -0.3 is 5.11 Å². The number of benzene rings is 1. The Morgan fingerprint density at radius 2 is 1.87 bits per heavy atom. The summed E-state index contributed by atoms with van der Waals surface area (Å²) in [6, 6.07) is 6.17. The van der Waals surface area contributed by atoms with E-state index in [9.17, 15) is 13.9 Å². The molecule has 3 heteroatoms. The summed E-state index contributed by atoms with van der Waals surface area (Å²) in [5.41, 5.74) is -1.33. The van der Waals surface area contributed by atoms with Crippen LogP contribution < -0.4 is 0 Å². The number of aliphatic hydroxyl groups is 1. The molecule has 0 aliphatic rings. The van der Waals surface area contributed by atoms with Crippen molar-refractivity contribution < 1.29 is 13.9 Å². The Bertz CT molecular complexity index is 340. The molecule has 0 unspecified atom stereocenters. The number of rotatable bonds is 3. The largest absolute Gasteiger partial charge is 0.384 e. The minimum absolute atomic E-state index is 0.130. The zero-order valence-corrected chi connectivity index (χ0v) is 9.22. The summed E-state index contributed by atoms with van der Waals surface area (Å²) in [4.78, 5) is 0. The van der Waals surface area contributed by atoms with Gasteiger partial charge in [-0.3, -0.25) is 0 Å². The van der Waals surface area contributed by atoms with E-state index in [0.717, 1.165) is 19.4 Å². The first-order valence-electron chi connectivity index (χ1n) is 4.98. The van der Waals surface area contributed by atoms with Crippen molar-refractivity contribution in [2.75, 3.05) is 0 Å². The summed E-state index contributed by atoms with van der Waals surface area (Å²) in [6.45, 7) is 4.14. The average molecular weight is 214 g/mol. The highest BCUT2D eigenvalue weighted by Gasteiger charge is 2.46. The molecule has 0 atom stereocenters. The molecular formula is C12H16F2O. The lowest BCUT2D eigenvalue weighted by molar-refractivity contribution is -0.168. The highest BCUT2D eigenvalue weighted by molar-refractivity contribution is 5.28. The molecule has 1 rings (SSSR count). The van der Waals surface area contributed by atoms with E-state index in [1.165, 1.54) is 12.1 Å². The smallest absolute Gasteiger partial charge is 0.300 e. The minimum Gasteiger partial charge on any atom is -0.384 e. The van der Waals surface area contributed by atoms with Gasteiger partial charge in [-0.2, -0.15) is 8.78 Å². The lowest BCUT2D eigenvalue weighted by atomic mass is 9.92. The lowest BCUT2D eigenvalue weighted by Crippen LogP contribution is -2.40. The van der Waals surface area contributed by atoms with Crippen molar-refractivity contribution in [3.8, 4) is 0 Å². The van der Waals surface area contributed by atoms with Crippen LogP contribution in [0, 0.1) is 0 Å². The van der Waals surface area contributed by atoms with Gasteiger partial charge in [-0.15, -0.1) is 0 Å². The van der Waals surface area contributed by atoms with Crippen LogP contribution in [0.2, 0.25) is 0 Å². The molecular weight excluding hydrogens is 198 g/mol. The van der Waals surface area contributed by atoms with Crippen molar-refractivity contribution >= 4 is 0 Å². The summed E-state index contributed by atoms with van der Waals surface area (Å²) in [6.07, 6.45) is 0.704. The Morgan fingerprint density at radius 1 is 1.27 bits per heavy atom. The van der Waals surface area contributed by atoms with Crippen LogP contribution in [-0.2, 0) is 12.3 Å². The van der Waals surface area contributed by atoms with E-state index in [4.69, 9.17) is 0 Å². The zero-order valence-electron chi connectivity index (χ0n) is 9.22. The second-order valence-corrected chi connectivity index (χ2v) is 4.19. The standard InChI is InChI=1S/C12H16F2O/c1-4-9-6-5-7-10(8-9)12(13,14)11(2,3)15/h5-8,15H,4H2,1-3H3. The first kappa shape index (κ1) is 12.1. The van der Waals surface area contributed by atoms with E-state index >= 15 is 0 Å². The third kappa shape index (κ3) is 2.34. The molecule has 0 bridgehead atoms. The Balaban J connectivity index is 3.15. The van der Waals surface area contributed by atoms with Crippen molar-refractivity contribution in [3.05, 3.63) is 35.4 Å². The monoisotopic (exact) mass is 214 g/mol. The second-order valence-electron chi connectivity index (χ2n) is 4.19. The van der Waals surface area contributed by atoms with Gasteiger partial charge in [-0.25, -0.2) is 0 Å². The van der Waals surface area contributed by atoms with E-state index < -0.39 is 11.5 Å². The summed E-state index contributed by atoms with van der Waals surface area (Å²) in [5.74, 6) is -3.22. The predicted molar refractivity (Wildman–Crippen MR) is 56.0 cm³/mol. The number of aryl methyl sites for hydroxylation is 1. The van der Waals surface area contributed by atoms with Gasteiger partial charge in [0.15, 0.2) is 0 Å². The first-order chi connectivity index (χ1) is 6.79. The average Bonchev–Trinajstić information content (AvgIpc) is 2.16. The Kier molecular flexibility index (Phi) is 3.14. The predicted octanol–water partition coefficient (Wildman–Crippen LogP) is 3.11. The number of hydrogen-bond donors (Lipinski definition) is 1. The zero-order chi connectivity index (χ0) is 11.7. The molecule has 0 radical (unpaired) electrons. The van der Waals surface area contributed by atoms with Crippen molar-refractivity contribution in [2.24, 2.45) is 0 Å². The van der Waals surface area contributed by atoms with Crippen LogP contribution in [0.5, 0.6) is 0 Å². The van der Waals surface area contributed by atoms with Crippen LogP contribution in [0.25, 0.3) is 0 Å².